The Morgan fingerprint density at radius 1 is 0.864 bits per heavy atom. The number of unbranched alkanes of at least 4 members (excludes halogenated alkanes) is 11. The number of hydrogen-bond acceptors (Lipinski definition) is 3. The van der Waals surface area contributed by atoms with Crippen LogP contribution in [0.1, 0.15) is 96.8 Å². The van der Waals surface area contributed by atoms with Crippen molar-refractivity contribution in [2.24, 2.45) is 0 Å². The first kappa shape index (κ1) is 20.8. The van der Waals surface area contributed by atoms with Crippen LogP contribution in [0.5, 0.6) is 0 Å². The van der Waals surface area contributed by atoms with Crippen molar-refractivity contribution < 1.29 is 9.72 Å². The van der Waals surface area contributed by atoms with Gasteiger partial charge in [-0.25, -0.2) is 0 Å². The minimum Gasteiger partial charge on any atom is -0.303 e. The molecule has 4 heteroatoms. The molecule has 128 valence electrons. The van der Waals surface area contributed by atoms with Crippen molar-refractivity contribution in [3.05, 3.63) is 21.9 Å². The molecule has 22 heavy (non-hydrogen) atoms. The minimum absolute atomic E-state index is 0.269. The minimum atomic E-state index is -0.269. The summed E-state index contributed by atoms with van der Waals surface area (Å²) in [6.07, 6.45) is 17.3. The lowest BCUT2D eigenvalue weighted by atomic mass is 10.1. The van der Waals surface area contributed by atoms with Gasteiger partial charge >= 0.3 is 0 Å². The second kappa shape index (κ2) is 16.2. The van der Waals surface area contributed by atoms with E-state index in [4.69, 9.17) is 0 Å². The maximum atomic E-state index is 10.9. The van der Waals surface area contributed by atoms with E-state index in [0.717, 1.165) is 32.0 Å². The molecule has 0 unspecified atom stereocenters. The van der Waals surface area contributed by atoms with E-state index in [0.29, 0.717) is 18.5 Å². The van der Waals surface area contributed by atoms with Crippen LogP contribution < -0.4 is 0 Å². The highest BCUT2D eigenvalue weighted by atomic mass is 16.6. The summed E-state index contributed by atoms with van der Waals surface area (Å²) in [4.78, 5) is 20.9. The summed E-state index contributed by atoms with van der Waals surface area (Å²) in [5.74, 6) is 0. The number of carbonyl (C=O) groups is 1. The van der Waals surface area contributed by atoms with Gasteiger partial charge in [0.2, 0.25) is 5.70 Å². The molecule has 0 atom stereocenters. The molecule has 0 aromatic rings. The molecule has 0 spiro atoms. The Bertz CT molecular complexity index is 313. The Hall–Kier alpha value is -1.19. The Morgan fingerprint density at radius 3 is 1.95 bits per heavy atom. The molecular weight excluding hydrogens is 278 g/mol. The Kier molecular flexibility index (Phi) is 15.3. The number of hydrogen-bond donors (Lipinski definition) is 0. The second-order valence-corrected chi connectivity index (χ2v) is 5.98. The molecule has 0 heterocycles. The highest BCUT2D eigenvalue weighted by Gasteiger charge is 2.09. The Morgan fingerprint density at radius 2 is 1.41 bits per heavy atom. The second-order valence-electron chi connectivity index (χ2n) is 5.98. The number of nitro groups is 1. The molecule has 0 fully saturated rings. The van der Waals surface area contributed by atoms with E-state index in [1.165, 1.54) is 51.4 Å². The van der Waals surface area contributed by atoms with Gasteiger partial charge in [0.15, 0.2) is 0 Å². The quantitative estimate of drug-likeness (QED) is 0.156. The van der Waals surface area contributed by atoms with Crippen molar-refractivity contribution in [3.8, 4) is 0 Å². The SMILES string of the molecule is CCCCCCCCCCC/C=C(/CCCCC=O)[N+](=O)[O-]. The van der Waals surface area contributed by atoms with Crippen LogP contribution in [0.4, 0.5) is 0 Å². The molecule has 0 bridgehead atoms. The van der Waals surface area contributed by atoms with Crippen molar-refractivity contribution in [3.63, 3.8) is 0 Å². The van der Waals surface area contributed by atoms with Crippen LogP contribution in [-0.4, -0.2) is 11.2 Å². The molecule has 0 radical (unpaired) electrons. The van der Waals surface area contributed by atoms with Crippen molar-refractivity contribution in [1.29, 1.82) is 0 Å². The van der Waals surface area contributed by atoms with E-state index in [2.05, 4.69) is 6.92 Å². The normalized spacial score (nSPS) is 11.6. The van der Waals surface area contributed by atoms with Crippen LogP contribution in [0, 0.1) is 10.1 Å². The molecule has 0 aromatic carbocycles. The molecule has 4 nitrogen and oxygen atoms in total. The molecule has 0 aliphatic heterocycles. The first-order chi connectivity index (χ1) is 10.7. The molecular formula is C18H33NO3. The van der Waals surface area contributed by atoms with Crippen LogP contribution in [0.3, 0.4) is 0 Å². The van der Waals surface area contributed by atoms with Gasteiger partial charge in [-0.05, 0) is 31.8 Å². The molecule has 0 saturated heterocycles. The highest BCUT2D eigenvalue weighted by Crippen LogP contribution is 2.14. The van der Waals surface area contributed by atoms with Gasteiger partial charge in [-0.3, -0.25) is 10.1 Å². The summed E-state index contributed by atoms with van der Waals surface area (Å²) < 4.78 is 0. The first-order valence-electron chi connectivity index (χ1n) is 8.99. The third kappa shape index (κ3) is 13.8. The van der Waals surface area contributed by atoms with E-state index in [9.17, 15) is 14.9 Å². The van der Waals surface area contributed by atoms with Gasteiger partial charge in [0.1, 0.15) is 6.29 Å². The van der Waals surface area contributed by atoms with Gasteiger partial charge in [0.05, 0.1) is 4.92 Å². The average Bonchev–Trinajstić information content (AvgIpc) is 2.50. The lowest BCUT2D eigenvalue weighted by molar-refractivity contribution is -0.428. The monoisotopic (exact) mass is 311 g/mol. The zero-order valence-electron chi connectivity index (χ0n) is 14.2. The van der Waals surface area contributed by atoms with Gasteiger partial charge in [-0.1, -0.05) is 58.3 Å². The summed E-state index contributed by atoms with van der Waals surface area (Å²) in [5.41, 5.74) is 0.325. The summed E-state index contributed by atoms with van der Waals surface area (Å²) in [5, 5.41) is 10.9. The number of carbonyl (C=O) groups excluding carboxylic acids is 1. The van der Waals surface area contributed by atoms with E-state index in [-0.39, 0.29) is 4.92 Å². The molecule has 0 aliphatic rings. The zero-order valence-corrected chi connectivity index (χ0v) is 14.2. The van der Waals surface area contributed by atoms with Gasteiger partial charge in [-0.2, -0.15) is 0 Å². The molecule has 0 amide bonds. The van der Waals surface area contributed by atoms with Gasteiger partial charge in [-0.15, -0.1) is 0 Å². The summed E-state index contributed by atoms with van der Waals surface area (Å²) in [7, 11) is 0. The summed E-state index contributed by atoms with van der Waals surface area (Å²) >= 11 is 0. The predicted molar refractivity (Wildman–Crippen MR) is 91.5 cm³/mol. The van der Waals surface area contributed by atoms with Crippen LogP contribution in [0.2, 0.25) is 0 Å². The van der Waals surface area contributed by atoms with Crippen LogP contribution in [-0.2, 0) is 4.79 Å². The predicted octanol–water partition coefficient (Wildman–Crippen LogP) is 5.83. The van der Waals surface area contributed by atoms with Crippen LogP contribution >= 0.6 is 0 Å². The van der Waals surface area contributed by atoms with Gasteiger partial charge < -0.3 is 4.79 Å². The topological polar surface area (TPSA) is 60.2 Å². The first-order valence-corrected chi connectivity index (χ1v) is 8.99. The Balaban J connectivity index is 3.60. The standard InChI is InChI=1S/C18H33NO3/c1-2-3-4-5-6-7-8-9-10-12-15-18(19(21)22)16-13-11-14-17-20/h15,17H,2-14,16H2,1H3/b18-15-. The summed E-state index contributed by atoms with van der Waals surface area (Å²) in [6.45, 7) is 2.23. The fraction of sp³-hybridized carbons (Fsp3) is 0.833. The highest BCUT2D eigenvalue weighted by molar-refractivity contribution is 5.48. The largest absolute Gasteiger partial charge is 0.303 e. The van der Waals surface area contributed by atoms with Crippen LogP contribution in [0.25, 0.3) is 0 Å². The van der Waals surface area contributed by atoms with Crippen LogP contribution in [0.15, 0.2) is 11.8 Å². The maximum absolute atomic E-state index is 10.9. The fourth-order valence-electron chi connectivity index (χ4n) is 2.53. The third-order valence-electron chi connectivity index (χ3n) is 3.93. The van der Waals surface area contributed by atoms with E-state index in [1.807, 2.05) is 0 Å². The zero-order chi connectivity index (χ0) is 16.5. The van der Waals surface area contributed by atoms with E-state index >= 15 is 0 Å². The maximum Gasteiger partial charge on any atom is 0.242 e. The molecule has 0 N–H and O–H groups in total. The lowest BCUT2D eigenvalue weighted by Gasteiger charge is -2.01. The van der Waals surface area contributed by atoms with Gasteiger partial charge in [0, 0.05) is 12.8 Å². The van der Waals surface area contributed by atoms with Crippen molar-refractivity contribution in [1.82, 2.24) is 0 Å². The number of nitrogens with zero attached hydrogens (tertiary/aromatic N) is 1. The smallest absolute Gasteiger partial charge is 0.242 e. The number of rotatable bonds is 16. The lowest BCUT2D eigenvalue weighted by Crippen LogP contribution is -1.99. The number of aldehydes is 1. The molecule has 0 saturated carbocycles. The van der Waals surface area contributed by atoms with Crippen molar-refractivity contribution >= 4 is 6.29 Å². The van der Waals surface area contributed by atoms with Crippen molar-refractivity contribution in [2.75, 3.05) is 0 Å². The van der Waals surface area contributed by atoms with Gasteiger partial charge in [0.25, 0.3) is 0 Å². The fourth-order valence-corrected chi connectivity index (χ4v) is 2.53. The molecule has 0 aliphatic carbocycles. The van der Waals surface area contributed by atoms with E-state index in [1.54, 1.807) is 6.08 Å². The summed E-state index contributed by atoms with van der Waals surface area (Å²) in [6, 6.07) is 0. The van der Waals surface area contributed by atoms with Crippen molar-refractivity contribution in [2.45, 2.75) is 96.8 Å². The molecule has 0 rings (SSSR count). The average molecular weight is 311 g/mol. The molecule has 0 aromatic heterocycles. The number of allylic oxidation sites excluding steroid dienone is 2. The third-order valence-corrected chi connectivity index (χ3v) is 3.93. The van der Waals surface area contributed by atoms with E-state index < -0.39 is 0 Å². The Labute approximate surface area is 135 Å².